The first-order valence-electron chi connectivity index (χ1n) is 7.43. The number of amides is 1. The van der Waals surface area contributed by atoms with Crippen molar-refractivity contribution in [2.45, 2.75) is 17.3 Å². The SMILES string of the molecule is CC(Sc1n[nH]c(-c2ccccc2F)n1)C(=O)Nc1cccc(F)c1. The second kappa shape index (κ2) is 7.43. The fourth-order valence-electron chi connectivity index (χ4n) is 2.09. The minimum absolute atomic E-state index is 0.290. The largest absolute Gasteiger partial charge is 0.325 e. The van der Waals surface area contributed by atoms with Gasteiger partial charge in [-0.2, -0.15) is 0 Å². The van der Waals surface area contributed by atoms with Gasteiger partial charge >= 0.3 is 0 Å². The van der Waals surface area contributed by atoms with E-state index in [2.05, 4.69) is 20.5 Å². The average molecular weight is 360 g/mol. The number of H-pyrrole nitrogens is 1. The zero-order chi connectivity index (χ0) is 17.8. The summed E-state index contributed by atoms with van der Waals surface area (Å²) in [7, 11) is 0. The van der Waals surface area contributed by atoms with Crippen molar-refractivity contribution in [2.75, 3.05) is 5.32 Å². The Bertz CT molecular complexity index is 900. The van der Waals surface area contributed by atoms with Crippen LogP contribution in [0.4, 0.5) is 14.5 Å². The monoisotopic (exact) mass is 360 g/mol. The Kier molecular flexibility index (Phi) is 5.08. The van der Waals surface area contributed by atoms with E-state index in [-0.39, 0.29) is 5.91 Å². The topological polar surface area (TPSA) is 70.7 Å². The van der Waals surface area contributed by atoms with E-state index in [0.29, 0.717) is 22.2 Å². The van der Waals surface area contributed by atoms with Gasteiger partial charge in [0.05, 0.1) is 10.8 Å². The second-order valence-electron chi connectivity index (χ2n) is 5.21. The molecule has 25 heavy (non-hydrogen) atoms. The third-order valence-electron chi connectivity index (χ3n) is 3.34. The van der Waals surface area contributed by atoms with Crippen LogP contribution in [0.2, 0.25) is 0 Å². The summed E-state index contributed by atoms with van der Waals surface area (Å²) < 4.78 is 26.9. The molecule has 2 N–H and O–H groups in total. The Balaban J connectivity index is 1.66. The van der Waals surface area contributed by atoms with Gasteiger partial charge < -0.3 is 5.32 Å². The van der Waals surface area contributed by atoms with Crippen LogP contribution < -0.4 is 5.32 Å². The number of thioether (sulfide) groups is 1. The number of carbonyl (C=O) groups excluding carboxylic acids is 1. The van der Waals surface area contributed by atoms with Gasteiger partial charge in [0.15, 0.2) is 5.82 Å². The summed E-state index contributed by atoms with van der Waals surface area (Å²) in [4.78, 5) is 16.4. The highest BCUT2D eigenvalue weighted by atomic mass is 32.2. The van der Waals surface area contributed by atoms with Crippen molar-refractivity contribution >= 4 is 23.4 Å². The molecular formula is C17H14F2N4OS. The number of aromatic amines is 1. The Morgan fingerprint density at radius 3 is 2.76 bits per heavy atom. The summed E-state index contributed by atoms with van der Waals surface area (Å²) in [6.07, 6.45) is 0. The first-order chi connectivity index (χ1) is 12.0. The Morgan fingerprint density at radius 2 is 2.00 bits per heavy atom. The van der Waals surface area contributed by atoms with E-state index in [1.807, 2.05) is 0 Å². The van der Waals surface area contributed by atoms with Crippen LogP contribution in [0, 0.1) is 11.6 Å². The van der Waals surface area contributed by atoms with Gasteiger partial charge in [0.1, 0.15) is 11.6 Å². The molecule has 1 heterocycles. The van der Waals surface area contributed by atoms with Crippen molar-refractivity contribution in [3.8, 4) is 11.4 Å². The van der Waals surface area contributed by atoms with Crippen LogP contribution in [-0.2, 0) is 4.79 Å². The van der Waals surface area contributed by atoms with Gasteiger partial charge in [-0.25, -0.2) is 13.8 Å². The number of benzene rings is 2. The van der Waals surface area contributed by atoms with Crippen molar-refractivity contribution < 1.29 is 13.6 Å². The first-order valence-corrected chi connectivity index (χ1v) is 8.31. The molecule has 2 aromatic carbocycles. The number of aromatic nitrogens is 3. The van der Waals surface area contributed by atoms with E-state index in [1.165, 1.54) is 24.3 Å². The van der Waals surface area contributed by atoms with Gasteiger partial charge in [0.25, 0.3) is 0 Å². The van der Waals surface area contributed by atoms with Crippen molar-refractivity contribution in [1.82, 2.24) is 15.2 Å². The lowest BCUT2D eigenvalue weighted by atomic mass is 10.2. The molecule has 0 aliphatic heterocycles. The number of carbonyl (C=O) groups is 1. The van der Waals surface area contributed by atoms with Gasteiger partial charge in [-0.1, -0.05) is 30.0 Å². The van der Waals surface area contributed by atoms with E-state index in [4.69, 9.17) is 0 Å². The molecule has 0 saturated heterocycles. The van der Waals surface area contributed by atoms with Gasteiger partial charge in [-0.15, -0.1) is 5.10 Å². The number of hydrogen-bond acceptors (Lipinski definition) is 4. The summed E-state index contributed by atoms with van der Waals surface area (Å²) in [5.74, 6) is -0.861. The molecule has 128 valence electrons. The Labute approximate surface area is 146 Å². The average Bonchev–Trinajstić information content (AvgIpc) is 3.03. The van der Waals surface area contributed by atoms with Crippen LogP contribution in [-0.4, -0.2) is 26.3 Å². The molecule has 1 amide bonds. The number of hydrogen-bond donors (Lipinski definition) is 2. The molecule has 0 spiro atoms. The van der Waals surface area contributed by atoms with Crippen LogP contribution >= 0.6 is 11.8 Å². The zero-order valence-electron chi connectivity index (χ0n) is 13.2. The first kappa shape index (κ1) is 17.1. The maximum Gasteiger partial charge on any atom is 0.237 e. The van der Waals surface area contributed by atoms with Crippen molar-refractivity contribution in [3.63, 3.8) is 0 Å². The maximum atomic E-state index is 13.8. The Hall–Kier alpha value is -2.74. The highest BCUT2D eigenvalue weighted by molar-refractivity contribution is 8.00. The predicted molar refractivity (Wildman–Crippen MR) is 92.1 cm³/mol. The highest BCUT2D eigenvalue weighted by Crippen LogP contribution is 2.24. The maximum absolute atomic E-state index is 13.8. The molecule has 0 aliphatic carbocycles. The number of nitrogens with zero attached hydrogens (tertiary/aromatic N) is 2. The smallest absolute Gasteiger partial charge is 0.237 e. The number of nitrogens with one attached hydrogen (secondary N) is 2. The van der Waals surface area contributed by atoms with E-state index in [0.717, 1.165) is 11.8 Å². The lowest BCUT2D eigenvalue weighted by Crippen LogP contribution is -2.22. The number of rotatable bonds is 5. The van der Waals surface area contributed by atoms with Gasteiger partial charge in [0.2, 0.25) is 11.1 Å². The standard InChI is InChI=1S/C17H14F2N4OS/c1-10(16(24)20-12-6-4-5-11(18)9-12)25-17-21-15(22-23-17)13-7-2-3-8-14(13)19/h2-10H,1H3,(H,20,24)(H,21,22,23). The second-order valence-corrected chi connectivity index (χ2v) is 6.51. The third kappa shape index (κ3) is 4.21. The minimum Gasteiger partial charge on any atom is -0.325 e. The van der Waals surface area contributed by atoms with Gasteiger partial charge in [-0.3, -0.25) is 9.89 Å². The van der Waals surface area contributed by atoms with Crippen LogP contribution in [0.5, 0.6) is 0 Å². The highest BCUT2D eigenvalue weighted by Gasteiger charge is 2.18. The number of halogens is 2. The lowest BCUT2D eigenvalue weighted by Gasteiger charge is -2.10. The molecule has 1 unspecified atom stereocenters. The summed E-state index contributed by atoms with van der Waals surface area (Å²) >= 11 is 1.11. The van der Waals surface area contributed by atoms with E-state index in [1.54, 1.807) is 31.2 Å². The molecule has 8 heteroatoms. The molecule has 5 nitrogen and oxygen atoms in total. The van der Waals surface area contributed by atoms with Crippen LogP contribution in [0.3, 0.4) is 0 Å². The normalized spacial score (nSPS) is 12.0. The molecule has 1 atom stereocenters. The molecular weight excluding hydrogens is 346 g/mol. The van der Waals surface area contributed by atoms with E-state index >= 15 is 0 Å². The summed E-state index contributed by atoms with van der Waals surface area (Å²) in [5.41, 5.74) is 0.679. The molecule has 0 saturated carbocycles. The molecule has 3 rings (SSSR count). The molecule has 0 fully saturated rings. The predicted octanol–water partition coefficient (Wildman–Crippen LogP) is 3.87. The zero-order valence-corrected chi connectivity index (χ0v) is 14.0. The van der Waals surface area contributed by atoms with Gasteiger partial charge in [-0.05, 0) is 37.3 Å². The number of anilines is 1. The third-order valence-corrected chi connectivity index (χ3v) is 4.30. The van der Waals surface area contributed by atoms with Crippen LogP contribution in [0.1, 0.15) is 6.92 Å². The van der Waals surface area contributed by atoms with Gasteiger partial charge in [0, 0.05) is 5.69 Å². The lowest BCUT2D eigenvalue weighted by molar-refractivity contribution is -0.115. The van der Waals surface area contributed by atoms with Crippen molar-refractivity contribution in [3.05, 3.63) is 60.2 Å². The molecule has 3 aromatic rings. The Morgan fingerprint density at radius 1 is 1.20 bits per heavy atom. The fraction of sp³-hybridized carbons (Fsp3) is 0.118. The fourth-order valence-corrected chi connectivity index (χ4v) is 2.82. The van der Waals surface area contributed by atoms with Crippen molar-refractivity contribution in [1.29, 1.82) is 0 Å². The van der Waals surface area contributed by atoms with Crippen LogP contribution in [0.25, 0.3) is 11.4 Å². The quantitative estimate of drug-likeness (QED) is 0.678. The van der Waals surface area contributed by atoms with Crippen molar-refractivity contribution in [2.24, 2.45) is 0 Å². The van der Waals surface area contributed by atoms with E-state index in [9.17, 15) is 13.6 Å². The summed E-state index contributed by atoms with van der Waals surface area (Å²) in [6.45, 7) is 1.68. The molecule has 0 radical (unpaired) electrons. The molecule has 1 aromatic heterocycles. The van der Waals surface area contributed by atoms with E-state index < -0.39 is 16.9 Å². The molecule has 0 bridgehead atoms. The summed E-state index contributed by atoms with van der Waals surface area (Å²) in [6, 6.07) is 11.8. The minimum atomic E-state index is -0.521. The molecule has 0 aliphatic rings. The van der Waals surface area contributed by atoms with Crippen LogP contribution in [0.15, 0.2) is 53.7 Å². The summed E-state index contributed by atoms with van der Waals surface area (Å²) in [5, 5.41) is 9.08.